The van der Waals surface area contributed by atoms with Crippen molar-refractivity contribution in [3.63, 3.8) is 0 Å². The number of benzene rings is 1. The Morgan fingerprint density at radius 2 is 2.00 bits per heavy atom. The zero-order valence-electron chi connectivity index (χ0n) is 10.8. The Hall–Kier alpha value is -1.55. The molecule has 102 valence electrons. The molecule has 0 saturated carbocycles. The normalized spacial score (nSPS) is 12.8. The molecule has 0 spiro atoms. The molecule has 20 heavy (non-hydrogen) atoms. The molecule has 1 N–H and O–H groups in total. The van der Waals surface area contributed by atoms with Crippen LogP contribution in [0, 0.1) is 0 Å². The van der Waals surface area contributed by atoms with Gasteiger partial charge in [-0.1, -0.05) is 35.3 Å². The number of pyridine rings is 1. The average molecular weight is 306 g/mol. The topological polar surface area (TPSA) is 29.3 Å². The molecular weight excluding hydrogens is 293 g/mol. The SMILES string of the molecule is CNC(c1ccc(Cl)c(Cl)c1)c1cnn2ccccc12. The highest BCUT2D eigenvalue weighted by atomic mass is 35.5. The third kappa shape index (κ3) is 2.29. The van der Waals surface area contributed by atoms with Crippen LogP contribution in [0.1, 0.15) is 17.2 Å². The monoisotopic (exact) mass is 305 g/mol. The Morgan fingerprint density at radius 3 is 2.75 bits per heavy atom. The van der Waals surface area contributed by atoms with Gasteiger partial charge in [-0.05, 0) is 36.9 Å². The smallest absolute Gasteiger partial charge is 0.0712 e. The van der Waals surface area contributed by atoms with Gasteiger partial charge in [-0.3, -0.25) is 0 Å². The zero-order valence-corrected chi connectivity index (χ0v) is 12.4. The predicted molar refractivity (Wildman–Crippen MR) is 82.6 cm³/mol. The van der Waals surface area contributed by atoms with Gasteiger partial charge in [-0.25, -0.2) is 4.52 Å². The number of rotatable bonds is 3. The van der Waals surface area contributed by atoms with Crippen LogP contribution in [-0.4, -0.2) is 16.7 Å². The highest BCUT2D eigenvalue weighted by Gasteiger charge is 2.17. The molecule has 0 bridgehead atoms. The maximum Gasteiger partial charge on any atom is 0.0712 e. The van der Waals surface area contributed by atoms with Gasteiger partial charge in [-0.2, -0.15) is 5.10 Å². The molecule has 2 heterocycles. The fraction of sp³-hybridized carbons (Fsp3) is 0.133. The molecule has 1 aromatic carbocycles. The van der Waals surface area contributed by atoms with Crippen LogP contribution in [0.15, 0.2) is 48.8 Å². The summed E-state index contributed by atoms with van der Waals surface area (Å²) in [6.45, 7) is 0. The lowest BCUT2D eigenvalue weighted by molar-refractivity contribution is 0.696. The van der Waals surface area contributed by atoms with Gasteiger partial charge in [0.05, 0.1) is 27.8 Å². The van der Waals surface area contributed by atoms with Gasteiger partial charge >= 0.3 is 0 Å². The van der Waals surface area contributed by atoms with E-state index in [1.807, 2.05) is 60.4 Å². The summed E-state index contributed by atoms with van der Waals surface area (Å²) in [6.07, 6.45) is 3.80. The Labute approximate surface area is 127 Å². The number of halogens is 2. The number of nitrogens with zero attached hydrogens (tertiary/aromatic N) is 2. The van der Waals surface area contributed by atoms with Crippen LogP contribution in [0.3, 0.4) is 0 Å². The van der Waals surface area contributed by atoms with Gasteiger partial charge in [0.15, 0.2) is 0 Å². The molecule has 0 amide bonds. The maximum absolute atomic E-state index is 6.11. The highest BCUT2D eigenvalue weighted by Crippen LogP contribution is 2.30. The Kier molecular flexibility index (Phi) is 3.66. The standard InChI is InChI=1S/C15H13Cl2N3/c1-18-15(10-5-6-12(16)13(17)8-10)11-9-19-20-7-3-2-4-14(11)20/h2-9,15,18H,1H3. The van der Waals surface area contributed by atoms with Gasteiger partial charge in [-0.15, -0.1) is 0 Å². The molecule has 0 aliphatic carbocycles. The van der Waals surface area contributed by atoms with Crippen molar-refractivity contribution >= 4 is 28.7 Å². The summed E-state index contributed by atoms with van der Waals surface area (Å²) in [5.41, 5.74) is 3.23. The average Bonchev–Trinajstić information content (AvgIpc) is 2.88. The van der Waals surface area contributed by atoms with Crippen LogP contribution in [-0.2, 0) is 0 Å². The molecule has 0 fully saturated rings. The highest BCUT2D eigenvalue weighted by molar-refractivity contribution is 6.42. The van der Waals surface area contributed by atoms with E-state index < -0.39 is 0 Å². The van der Waals surface area contributed by atoms with E-state index in [0.29, 0.717) is 10.0 Å². The Balaban J connectivity index is 2.11. The van der Waals surface area contributed by atoms with Crippen LogP contribution in [0.5, 0.6) is 0 Å². The molecule has 5 heteroatoms. The third-order valence-electron chi connectivity index (χ3n) is 3.33. The lowest BCUT2D eigenvalue weighted by Gasteiger charge is -2.16. The second-order valence-electron chi connectivity index (χ2n) is 4.53. The van der Waals surface area contributed by atoms with Crippen molar-refractivity contribution < 1.29 is 0 Å². The number of hydrogen-bond donors (Lipinski definition) is 1. The molecule has 3 rings (SSSR count). The van der Waals surface area contributed by atoms with Crippen LogP contribution in [0.2, 0.25) is 10.0 Å². The largest absolute Gasteiger partial charge is 0.309 e. The maximum atomic E-state index is 6.11. The third-order valence-corrected chi connectivity index (χ3v) is 4.07. The van der Waals surface area contributed by atoms with E-state index in [1.54, 1.807) is 0 Å². The summed E-state index contributed by atoms with van der Waals surface area (Å²) in [7, 11) is 1.92. The van der Waals surface area contributed by atoms with E-state index in [2.05, 4.69) is 10.4 Å². The van der Waals surface area contributed by atoms with Gasteiger partial charge in [0, 0.05) is 11.8 Å². The summed E-state index contributed by atoms with van der Waals surface area (Å²) >= 11 is 12.1. The zero-order chi connectivity index (χ0) is 14.1. The molecular formula is C15H13Cl2N3. The van der Waals surface area contributed by atoms with Crippen molar-refractivity contribution in [3.05, 3.63) is 70.0 Å². The molecule has 3 nitrogen and oxygen atoms in total. The number of aromatic nitrogens is 2. The van der Waals surface area contributed by atoms with Gasteiger partial charge in [0.25, 0.3) is 0 Å². The fourth-order valence-electron chi connectivity index (χ4n) is 2.37. The van der Waals surface area contributed by atoms with E-state index in [4.69, 9.17) is 23.2 Å². The first-order valence-corrected chi connectivity index (χ1v) is 7.01. The lowest BCUT2D eigenvalue weighted by atomic mass is 10.00. The Bertz CT molecular complexity index is 752. The van der Waals surface area contributed by atoms with Crippen molar-refractivity contribution in [2.24, 2.45) is 0 Å². The van der Waals surface area contributed by atoms with Gasteiger partial charge < -0.3 is 5.32 Å². The van der Waals surface area contributed by atoms with E-state index in [9.17, 15) is 0 Å². The van der Waals surface area contributed by atoms with Crippen LogP contribution < -0.4 is 5.32 Å². The summed E-state index contributed by atoms with van der Waals surface area (Å²) in [6, 6.07) is 11.7. The quantitative estimate of drug-likeness (QED) is 0.794. The lowest BCUT2D eigenvalue weighted by Crippen LogP contribution is -2.17. The van der Waals surface area contributed by atoms with E-state index in [-0.39, 0.29) is 6.04 Å². The summed E-state index contributed by atoms with van der Waals surface area (Å²) in [5.74, 6) is 0. The Morgan fingerprint density at radius 1 is 1.15 bits per heavy atom. The first kappa shape index (κ1) is 13.4. The minimum atomic E-state index is 0.0182. The van der Waals surface area contributed by atoms with E-state index in [0.717, 1.165) is 16.6 Å². The van der Waals surface area contributed by atoms with Crippen LogP contribution in [0.25, 0.3) is 5.52 Å². The summed E-state index contributed by atoms with van der Waals surface area (Å²) in [5, 5.41) is 8.79. The second-order valence-corrected chi connectivity index (χ2v) is 5.34. The van der Waals surface area contributed by atoms with Crippen molar-refractivity contribution in [2.75, 3.05) is 7.05 Å². The molecule has 1 atom stereocenters. The molecule has 0 aliphatic rings. The van der Waals surface area contributed by atoms with Crippen LogP contribution >= 0.6 is 23.2 Å². The van der Waals surface area contributed by atoms with E-state index >= 15 is 0 Å². The fourth-order valence-corrected chi connectivity index (χ4v) is 2.68. The number of fused-ring (bicyclic) bond motifs is 1. The molecule has 0 saturated heterocycles. The van der Waals surface area contributed by atoms with Crippen molar-refractivity contribution in [1.82, 2.24) is 14.9 Å². The minimum Gasteiger partial charge on any atom is -0.309 e. The van der Waals surface area contributed by atoms with E-state index in [1.165, 1.54) is 0 Å². The first-order chi connectivity index (χ1) is 9.70. The summed E-state index contributed by atoms with van der Waals surface area (Å²) in [4.78, 5) is 0. The van der Waals surface area contributed by atoms with Crippen LogP contribution in [0.4, 0.5) is 0 Å². The summed E-state index contributed by atoms with van der Waals surface area (Å²) < 4.78 is 1.86. The number of nitrogens with one attached hydrogen (secondary N) is 1. The number of hydrogen-bond acceptors (Lipinski definition) is 2. The van der Waals surface area contributed by atoms with Crippen molar-refractivity contribution in [2.45, 2.75) is 6.04 Å². The molecule has 0 aliphatic heterocycles. The first-order valence-electron chi connectivity index (χ1n) is 6.25. The van der Waals surface area contributed by atoms with Crippen molar-refractivity contribution in [1.29, 1.82) is 0 Å². The minimum absolute atomic E-state index is 0.0182. The van der Waals surface area contributed by atoms with Gasteiger partial charge in [0.1, 0.15) is 0 Å². The molecule has 0 radical (unpaired) electrons. The van der Waals surface area contributed by atoms with Crippen molar-refractivity contribution in [3.8, 4) is 0 Å². The second kappa shape index (κ2) is 5.44. The molecule has 3 aromatic rings. The van der Waals surface area contributed by atoms with Gasteiger partial charge in [0.2, 0.25) is 0 Å². The predicted octanol–water partition coefficient (Wildman–Crippen LogP) is 3.95. The molecule has 1 unspecified atom stereocenters. The molecule has 2 aromatic heterocycles.